The van der Waals surface area contributed by atoms with E-state index in [0.717, 1.165) is 16.6 Å². The molecule has 0 saturated carbocycles. The molecule has 0 spiro atoms. The molecule has 5 rings (SSSR count). The fourth-order valence-corrected chi connectivity index (χ4v) is 5.53. The van der Waals surface area contributed by atoms with Crippen LogP contribution in [0.3, 0.4) is 0 Å². The van der Waals surface area contributed by atoms with Crippen molar-refractivity contribution in [1.82, 2.24) is 0 Å². The zero-order valence-electron chi connectivity index (χ0n) is 19.7. The van der Waals surface area contributed by atoms with Crippen LogP contribution < -0.4 is 5.32 Å². The number of halogens is 1. The number of anilines is 2. The van der Waals surface area contributed by atoms with Gasteiger partial charge in [0.25, 0.3) is 0 Å². The lowest BCUT2D eigenvalue weighted by Gasteiger charge is -2.23. The standard InChI is InChI=1S/C31H30BrN/c1-19(2)23-10-7-11-24(20(3)4)31(23)27-9-5-6-13-29(27)33-30-14-8-12-26-25-16-15-22(32)17-21(25)18-28(26)30/h5-17,19-20,33H,18H2,1-4H3. The van der Waals surface area contributed by atoms with E-state index in [9.17, 15) is 0 Å². The molecule has 166 valence electrons. The lowest BCUT2D eigenvalue weighted by atomic mass is 9.84. The summed E-state index contributed by atoms with van der Waals surface area (Å²) in [6, 6.07) is 28.8. The summed E-state index contributed by atoms with van der Waals surface area (Å²) in [6.45, 7) is 9.16. The smallest absolute Gasteiger partial charge is 0.0464 e. The molecule has 1 aliphatic rings. The monoisotopic (exact) mass is 495 g/mol. The summed E-state index contributed by atoms with van der Waals surface area (Å²) < 4.78 is 1.14. The SMILES string of the molecule is CC(C)c1cccc(C(C)C)c1-c1ccccc1Nc1cccc2c1Cc1cc(Br)ccc1-2. The summed E-state index contributed by atoms with van der Waals surface area (Å²) in [4.78, 5) is 0. The summed E-state index contributed by atoms with van der Waals surface area (Å²) >= 11 is 3.64. The normalized spacial score (nSPS) is 12.2. The van der Waals surface area contributed by atoms with E-state index in [1.807, 2.05) is 0 Å². The summed E-state index contributed by atoms with van der Waals surface area (Å²) in [5, 5.41) is 3.84. The van der Waals surface area contributed by atoms with Gasteiger partial charge in [0.15, 0.2) is 0 Å². The molecule has 0 bridgehead atoms. The van der Waals surface area contributed by atoms with Crippen molar-refractivity contribution in [1.29, 1.82) is 0 Å². The number of hydrogen-bond donors (Lipinski definition) is 1. The molecule has 1 aliphatic carbocycles. The summed E-state index contributed by atoms with van der Waals surface area (Å²) in [5.41, 5.74) is 13.3. The van der Waals surface area contributed by atoms with E-state index in [1.54, 1.807) is 0 Å². The van der Waals surface area contributed by atoms with Gasteiger partial charge in [0, 0.05) is 27.8 Å². The fourth-order valence-electron chi connectivity index (χ4n) is 5.13. The van der Waals surface area contributed by atoms with Crippen LogP contribution in [0.5, 0.6) is 0 Å². The van der Waals surface area contributed by atoms with Crippen molar-refractivity contribution in [2.24, 2.45) is 0 Å². The molecule has 33 heavy (non-hydrogen) atoms. The molecule has 4 aromatic rings. The molecule has 0 heterocycles. The number of para-hydroxylation sites is 1. The molecule has 0 saturated heterocycles. The molecule has 0 aliphatic heterocycles. The maximum absolute atomic E-state index is 3.84. The van der Waals surface area contributed by atoms with Gasteiger partial charge >= 0.3 is 0 Å². The average Bonchev–Trinajstić information content (AvgIpc) is 3.17. The highest BCUT2D eigenvalue weighted by atomic mass is 79.9. The first kappa shape index (κ1) is 22.0. The summed E-state index contributed by atoms with van der Waals surface area (Å²) in [6.07, 6.45) is 0.954. The molecule has 1 N–H and O–H groups in total. The minimum Gasteiger partial charge on any atom is -0.355 e. The van der Waals surface area contributed by atoms with Gasteiger partial charge in [-0.25, -0.2) is 0 Å². The Balaban J connectivity index is 1.62. The van der Waals surface area contributed by atoms with Gasteiger partial charge < -0.3 is 5.32 Å². The maximum atomic E-state index is 3.84. The van der Waals surface area contributed by atoms with E-state index in [-0.39, 0.29) is 0 Å². The molecule has 0 fully saturated rings. The van der Waals surface area contributed by atoms with Gasteiger partial charge in [-0.1, -0.05) is 98.2 Å². The van der Waals surface area contributed by atoms with E-state index in [0.29, 0.717) is 11.8 Å². The quantitative estimate of drug-likeness (QED) is 0.255. The predicted octanol–water partition coefficient (Wildman–Crippen LogP) is 9.68. The molecule has 0 radical (unpaired) electrons. The van der Waals surface area contributed by atoms with E-state index in [4.69, 9.17) is 0 Å². The van der Waals surface area contributed by atoms with E-state index >= 15 is 0 Å². The first-order valence-electron chi connectivity index (χ1n) is 11.8. The number of nitrogens with one attached hydrogen (secondary N) is 1. The number of benzene rings is 4. The van der Waals surface area contributed by atoms with Gasteiger partial charge in [-0.2, -0.15) is 0 Å². The third-order valence-electron chi connectivity index (χ3n) is 6.74. The second-order valence-corrected chi connectivity index (χ2v) is 10.5. The average molecular weight is 496 g/mol. The second-order valence-electron chi connectivity index (χ2n) is 9.60. The molecular formula is C31H30BrN. The Labute approximate surface area is 206 Å². The van der Waals surface area contributed by atoms with Gasteiger partial charge in [-0.3, -0.25) is 0 Å². The minimum atomic E-state index is 0.459. The maximum Gasteiger partial charge on any atom is 0.0464 e. The van der Waals surface area contributed by atoms with Crippen LogP contribution >= 0.6 is 15.9 Å². The molecule has 0 unspecified atom stereocenters. The Kier molecular flexibility index (Phi) is 5.88. The highest BCUT2D eigenvalue weighted by Gasteiger charge is 2.22. The van der Waals surface area contributed by atoms with E-state index in [1.165, 1.54) is 50.2 Å². The third-order valence-corrected chi connectivity index (χ3v) is 7.23. The van der Waals surface area contributed by atoms with Gasteiger partial charge in [-0.05, 0) is 75.0 Å². The highest BCUT2D eigenvalue weighted by Crippen LogP contribution is 2.44. The van der Waals surface area contributed by atoms with Crippen molar-refractivity contribution in [2.75, 3.05) is 5.32 Å². The van der Waals surface area contributed by atoms with E-state index in [2.05, 4.69) is 128 Å². The predicted molar refractivity (Wildman–Crippen MR) is 146 cm³/mol. The van der Waals surface area contributed by atoms with Crippen molar-refractivity contribution in [3.05, 3.63) is 106 Å². The lowest BCUT2D eigenvalue weighted by molar-refractivity contribution is 0.838. The third kappa shape index (κ3) is 4.02. The molecule has 4 aromatic carbocycles. The van der Waals surface area contributed by atoms with Crippen LogP contribution in [0.25, 0.3) is 22.3 Å². The highest BCUT2D eigenvalue weighted by molar-refractivity contribution is 9.10. The molecule has 2 heteroatoms. The first-order valence-corrected chi connectivity index (χ1v) is 12.6. The molecule has 0 amide bonds. The zero-order chi connectivity index (χ0) is 23.1. The van der Waals surface area contributed by atoms with Crippen LogP contribution in [0, 0.1) is 0 Å². The van der Waals surface area contributed by atoms with Crippen LogP contribution in [0.4, 0.5) is 11.4 Å². The van der Waals surface area contributed by atoms with Crippen LogP contribution in [-0.4, -0.2) is 0 Å². The first-order chi connectivity index (χ1) is 15.9. The van der Waals surface area contributed by atoms with Gasteiger partial charge in [0.2, 0.25) is 0 Å². The van der Waals surface area contributed by atoms with Gasteiger partial charge in [-0.15, -0.1) is 0 Å². The van der Waals surface area contributed by atoms with Gasteiger partial charge in [0.05, 0.1) is 0 Å². The Morgan fingerprint density at radius 2 is 1.30 bits per heavy atom. The minimum absolute atomic E-state index is 0.459. The van der Waals surface area contributed by atoms with Gasteiger partial charge in [0.1, 0.15) is 0 Å². The summed E-state index contributed by atoms with van der Waals surface area (Å²) in [5.74, 6) is 0.918. The number of hydrogen-bond acceptors (Lipinski definition) is 1. The number of rotatable bonds is 5. The van der Waals surface area contributed by atoms with Crippen molar-refractivity contribution in [3.63, 3.8) is 0 Å². The van der Waals surface area contributed by atoms with Crippen molar-refractivity contribution < 1.29 is 0 Å². The Bertz CT molecular complexity index is 1310. The molecular weight excluding hydrogens is 466 g/mol. The largest absolute Gasteiger partial charge is 0.355 e. The lowest BCUT2D eigenvalue weighted by Crippen LogP contribution is -2.03. The van der Waals surface area contributed by atoms with E-state index < -0.39 is 0 Å². The van der Waals surface area contributed by atoms with Crippen LogP contribution in [0.15, 0.2) is 83.3 Å². The molecule has 0 atom stereocenters. The zero-order valence-corrected chi connectivity index (χ0v) is 21.3. The topological polar surface area (TPSA) is 12.0 Å². The molecule has 1 nitrogen and oxygen atoms in total. The number of fused-ring (bicyclic) bond motifs is 3. The van der Waals surface area contributed by atoms with Crippen molar-refractivity contribution in [2.45, 2.75) is 46.0 Å². The fraction of sp³-hybridized carbons (Fsp3) is 0.226. The Morgan fingerprint density at radius 1 is 0.667 bits per heavy atom. The van der Waals surface area contributed by atoms with Crippen LogP contribution in [0.1, 0.15) is 61.8 Å². The van der Waals surface area contributed by atoms with Crippen LogP contribution in [0.2, 0.25) is 0 Å². The van der Waals surface area contributed by atoms with Crippen molar-refractivity contribution >= 4 is 27.3 Å². The Hall–Kier alpha value is -2.84. The van der Waals surface area contributed by atoms with Crippen molar-refractivity contribution in [3.8, 4) is 22.3 Å². The second kappa shape index (κ2) is 8.83. The van der Waals surface area contributed by atoms with Crippen LogP contribution in [-0.2, 0) is 6.42 Å². The summed E-state index contributed by atoms with van der Waals surface area (Å²) in [7, 11) is 0. The Morgan fingerprint density at radius 3 is 2.03 bits per heavy atom. The molecule has 0 aromatic heterocycles.